The van der Waals surface area contributed by atoms with Gasteiger partial charge < -0.3 is 9.73 Å². The molecule has 1 fully saturated rings. The molecule has 1 aliphatic heterocycles. The summed E-state index contributed by atoms with van der Waals surface area (Å²) >= 11 is 11.6. The Labute approximate surface area is 140 Å². The lowest BCUT2D eigenvalue weighted by Gasteiger charge is -1.97. The minimum Gasteiger partial charge on any atom is -0.457 e. The van der Waals surface area contributed by atoms with Gasteiger partial charge >= 0.3 is 0 Å². The van der Waals surface area contributed by atoms with Crippen molar-refractivity contribution in [3.8, 4) is 11.3 Å². The van der Waals surface area contributed by atoms with E-state index in [4.69, 9.17) is 28.9 Å². The third kappa shape index (κ3) is 3.08. The summed E-state index contributed by atoms with van der Waals surface area (Å²) in [5.74, 6) is 1.16. The zero-order valence-electron chi connectivity index (χ0n) is 10.9. The Balaban J connectivity index is 1.90. The summed E-state index contributed by atoms with van der Waals surface area (Å²) in [4.78, 5) is 11.8. The maximum absolute atomic E-state index is 10.8. The van der Waals surface area contributed by atoms with Crippen molar-refractivity contribution in [3.05, 3.63) is 57.2 Å². The number of thiocarbonyl (C=S) groups is 2. The van der Waals surface area contributed by atoms with E-state index < -0.39 is 4.92 Å². The van der Waals surface area contributed by atoms with Crippen LogP contribution < -0.4 is 5.32 Å². The molecule has 1 aromatic carbocycles. The van der Waals surface area contributed by atoms with E-state index in [9.17, 15) is 10.1 Å². The number of hydrogen-bond acceptors (Lipinski definition) is 6. The zero-order chi connectivity index (χ0) is 15.7. The monoisotopic (exact) mass is 348 g/mol. The van der Waals surface area contributed by atoms with Crippen molar-refractivity contribution >= 4 is 57.3 Å². The van der Waals surface area contributed by atoms with E-state index in [0.717, 1.165) is 4.91 Å². The van der Waals surface area contributed by atoms with Gasteiger partial charge in [-0.15, -0.1) is 0 Å². The highest BCUT2D eigenvalue weighted by Crippen LogP contribution is 2.30. The quantitative estimate of drug-likeness (QED) is 0.387. The number of non-ortho nitro benzene ring substituents is 1. The van der Waals surface area contributed by atoms with Crippen molar-refractivity contribution in [2.75, 3.05) is 0 Å². The van der Waals surface area contributed by atoms with Crippen molar-refractivity contribution in [2.45, 2.75) is 0 Å². The lowest BCUT2D eigenvalue weighted by atomic mass is 10.1. The lowest BCUT2D eigenvalue weighted by molar-refractivity contribution is -0.384. The Kier molecular flexibility index (Phi) is 4.06. The van der Waals surface area contributed by atoms with Crippen molar-refractivity contribution in [1.82, 2.24) is 5.32 Å². The van der Waals surface area contributed by atoms with Crippen LogP contribution in [0.15, 0.2) is 45.7 Å². The molecule has 1 N–H and O–H groups in total. The molecule has 2 aromatic rings. The van der Waals surface area contributed by atoms with E-state index in [1.165, 1.54) is 23.9 Å². The first-order chi connectivity index (χ1) is 10.5. The van der Waals surface area contributed by atoms with Gasteiger partial charge in [-0.3, -0.25) is 10.1 Å². The van der Waals surface area contributed by atoms with Gasteiger partial charge in [0.15, 0.2) is 0 Å². The summed E-state index contributed by atoms with van der Waals surface area (Å²) in [6.07, 6.45) is 1.79. The average molecular weight is 348 g/mol. The van der Waals surface area contributed by atoms with Gasteiger partial charge in [-0.25, -0.2) is 0 Å². The van der Waals surface area contributed by atoms with Crippen molar-refractivity contribution in [1.29, 1.82) is 0 Å². The average Bonchev–Trinajstić information content (AvgIpc) is 3.06. The molecule has 1 aliphatic rings. The largest absolute Gasteiger partial charge is 0.457 e. The second kappa shape index (κ2) is 5.99. The SMILES string of the molecule is O=[N+]([O-])c1cccc(-c2ccc(C=C3SC(=S)NC3=S)o2)c1. The number of furan rings is 1. The second-order valence-corrected chi connectivity index (χ2v) is 6.49. The standard InChI is InChI=1S/C14H8N2O3S3/c17-16(18)9-3-1-2-8(6-9)11-5-4-10(19-11)7-12-13(20)15-14(21)22-12/h1-7H,(H,15,20,21). The van der Waals surface area contributed by atoms with Crippen LogP contribution in [-0.2, 0) is 0 Å². The Hall–Kier alpha value is -2.03. The van der Waals surface area contributed by atoms with Crippen molar-refractivity contribution in [3.63, 3.8) is 0 Å². The number of nitro benzene ring substituents is 1. The van der Waals surface area contributed by atoms with E-state index >= 15 is 0 Å². The number of nitrogens with one attached hydrogen (secondary N) is 1. The fourth-order valence-corrected chi connectivity index (χ4v) is 3.37. The summed E-state index contributed by atoms with van der Waals surface area (Å²) in [7, 11) is 0. The highest BCUT2D eigenvalue weighted by atomic mass is 32.2. The summed E-state index contributed by atoms with van der Waals surface area (Å²) in [5.41, 5.74) is 0.671. The number of hydrogen-bond donors (Lipinski definition) is 1. The predicted molar refractivity (Wildman–Crippen MR) is 94.7 cm³/mol. The van der Waals surface area contributed by atoms with Crippen LogP contribution in [0.5, 0.6) is 0 Å². The second-order valence-electron chi connectivity index (χ2n) is 4.36. The van der Waals surface area contributed by atoms with Gasteiger partial charge in [-0.1, -0.05) is 48.3 Å². The summed E-state index contributed by atoms with van der Waals surface area (Å²) < 4.78 is 6.32. The molecule has 0 radical (unpaired) electrons. The number of nitro groups is 1. The molecular weight excluding hydrogens is 340 g/mol. The topological polar surface area (TPSA) is 68.3 Å². The minimum atomic E-state index is -0.435. The highest BCUT2D eigenvalue weighted by molar-refractivity contribution is 8.27. The Morgan fingerprint density at radius 3 is 2.77 bits per heavy atom. The summed E-state index contributed by atoms with van der Waals surface area (Å²) in [6.45, 7) is 0. The van der Waals surface area contributed by atoms with Crippen LogP contribution in [0.4, 0.5) is 5.69 Å². The molecule has 3 rings (SSSR count). The molecule has 0 atom stereocenters. The fourth-order valence-electron chi connectivity index (χ4n) is 1.91. The van der Waals surface area contributed by atoms with Crippen LogP contribution in [0.3, 0.4) is 0 Å². The molecule has 110 valence electrons. The maximum Gasteiger partial charge on any atom is 0.270 e. The molecule has 0 bridgehead atoms. The first-order valence-electron chi connectivity index (χ1n) is 6.12. The summed E-state index contributed by atoms with van der Waals surface area (Å²) in [6, 6.07) is 9.84. The van der Waals surface area contributed by atoms with E-state index in [-0.39, 0.29) is 5.69 Å². The van der Waals surface area contributed by atoms with E-state index in [1.54, 1.807) is 30.3 Å². The van der Waals surface area contributed by atoms with E-state index in [1.807, 2.05) is 0 Å². The number of thioether (sulfide) groups is 1. The maximum atomic E-state index is 10.8. The Bertz CT molecular complexity index is 826. The normalized spacial score (nSPS) is 16.1. The molecule has 2 heterocycles. The smallest absolute Gasteiger partial charge is 0.270 e. The third-order valence-electron chi connectivity index (χ3n) is 2.88. The van der Waals surface area contributed by atoms with Crippen LogP contribution >= 0.6 is 36.2 Å². The van der Waals surface area contributed by atoms with E-state index in [2.05, 4.69) is 5.32 Å². The van der Waals surface area contributed by atoms with Gasteiger partial charge in [-0.05, 0) is 18.2 Å². The molecule has 0 saturated carbocycles. The van der Waals surface area contributed by atoms with Gasteiger partial charge in [0.05, 0.1) is 9.83 Å². The first kappa shape index (κ1) is 14.9. The first-order valence-corrected chi connectivity index (χ1v) is 7.76. The van der Waals surface area contributed by atoms with Crippen LogP contribution in [0, 0.1) is 10.1 Å². The van der Waals surface area contributed by atoms with Gasteiger partial charge in [0.1, 0.15) is 20.8 Å². The van der Waals surface area contributed by atoms with Crippen LogP contribution in [0.2, 0.25) is 0 Å². The molecule has 0 amide bonds. The fraction of sp³-hybridized carbons (Fsp3) is 0. The van der Waals surface area contributed by atoms with Crippen LogP contribution in [-0.4, -0.2) is 14.2 Å². The molecule has 0 aliphatic carbocycles. The van der Waals surface area contributed by atoms with Gasteiger partial charge in [0.25, 0.3) is 5.69 Å². The summed E-state index contributed by atoms with van der Waals surface area (Å²) in [5, 5.41) is 13.7. The van der Waals surface area contributed by atoms with Gasteiger partial charge in [0.2, 0.25) is 0 Å². The third-order valence-corrected chi connectivity index (χ3v) is 4.52. The molecular formula is C14H8N2O3S3. The molecule has 22 heavy (non-hydrogen) atoms. The van der Waals surface area contributed by atoms with E-state index in [0.29, 0.717) is 26.4 Å². The predicted octanol–water partition coefficient (Wildman–Crippen LogP) is 4.14. The molecule has 5 nitrogen and oxygen atoms in total. The Morgan fingerprint density at radius 2 is 2.09 bits per heavy atom. The molecule has 1 saturated heterocycles. The molecule has 8 heteroatoms. The molecule has 0 unspecified atom stereocenters. The zero-order valence-corrected chi connectivity index (χ0v) is 13.4. The van der Waals surface area contributed by atoms with Gasteiger partial charge in [-0.2, -0.15) is 0 Å². The van der Waals surface area contributed by atoms with Crippen molar-refractivity contribution < 1.29 is 9.34 Å². The van der Waals surface area contributed by atoms with Crippen LogP contribution in [0.25, 0.3) is 17.4 Å². The number of rotatable bonds is 3. The van der Waals surface area contributed by atoms with Gasteiger partial charge in [0, 0.05) is 17.7 Å². The highest BCUT2D eigenvalue weighted by Gasteiger charge is 2.19. The van der Waals surface area contributed by atoms with Crippen LogP contribution in [0.1, 0.15) is 5.76 Å². The minimum absolute atomic E-state index is 0.0240. The lowest BCUT2D eigenvalue weighted by Crippen LogP contribution is -2.15. The molecule has 1 aromatic heterocycles. The number of benzene rings is 1. The number of nitrogens with zero attached hydrogens (tertiary/aromatic N) is 1. The molecule has 0 spiro atoms. The Morgan fingerprint density at radius 1 is 1.27 bits per heavy atom. The van der Waals surface area contributed by atoms with Crippen molar-refractivity contribution in [2.24, 2.45) is 0 Å².